The molecule has 1 saturated heterocycles. The fourth-order valence-electron chi connectivity index (χ4n) is 2.43. The molecule has 1 heterocycles. The van der Waals surface area contributed by atoms with E-state index in [4.69, 9.17) is 18.0 Å². The lowest BCUT2D eigenvalue weighted by atomic mass is 9.90. The first-order valence-electron chi connectivity index (χ1n) is 6.18. The Labute approximate surface area is 109 Å². The Morgan fingerprint density at radius 1 is 1.24 bits per heavy atom. The maximum atomic E-state index is 5.88. The average molecular weight is 248 g/mol. The average Bonchev–Trinajstić information content (AvgIpc) is 2.35. The third kappa shape index (κ3) is 3.77. The van der Waals surface area contributed by atoms with E-state index in [2.05, 4.69) is 23.0 Å². The molecule has 0 radical (unpaired) electrons. The molecule has 2 heteroatoms. The Hall–Kier alpha value is -0.970. The highest BCUT2D eigenvalue weighted by Gasteiger charge is 2.18. The Kier molecular flexibility index (Phi) is 4.48. The van der Waals surface area contributed by atoms with Crippen molar-refractivity contribution in [2.24, 2.45) is 5.92 Å². The van der Waals surface area contributed by atoms with E-state index >= 15 is 0 Å². The second-order valence-corrected chi connectivity index (χ2v) is 5.19. The molecule has 1 nitrogen and oxygen atoms in total. The highest BCUT2D eigenvalue weighted by molar-refractivity contribution is 6.30. The Morgan fingerprint density at radius 3 is 2.47 bits per heavy atom. The first-order chi connectivity index (χ1) is 8.28. The Balaban J connectivity index is 1.82. The zero-order chi connectivity index (χ0) is 12.1. The van der Waals surface area contributed by atoms with Gasteiger partial charge in [-0.2, -0.15) is 0 Å². The first kappa shape index (κ1) is 12.5. The smallest absolute Gasteiger partial charge is 0.0598 e. The molecule has 1 fully saturated rings. The number of likely N-dealkylation sites (tertiary alicyclic amines) is 1. The summed E-state index contributed by atoms with van der Waals surface area (Å²) in [7, 11) is 0. The Bertz CT molecular complexity index is 382. The maximum absolute atomic E-state index is 5.88. The van der Waals surface area contributed by atoms with Gasteiger partial charge in [0.2, 0.25) is 0 Å². The van der Waals surface area contributed by atoms with E-state index in [1.165, 1.54) is 24.8 Å². The molecule has 0 aliphatic carbocycles. The van der Waals surface area contributed by atoms with Crippen molar-refractivity contribution >= 4 is 11.6 Å². The molecule has 0 N–H and O–H groups in total. The summed E-state index contributed by atoms with van der Waals surface area (Å²) in [6, 6.07) is 8.22. The lowest BCUT2D eigenvalue weighted by Gasteiger charge is -2.30. The minimum absolute atomic E-state index is 0.796. The summed E-state index contributed by atoms with van der Waals surface area (Å²) >= 11 is 5.88. The van der Waals surface area contributed by atoms with Gasteiger partial charge in [-0.05, 0) is 56.0 Å². The van der Waals surface area contributed by atoms with Crippen LogP contribution in [-0.2, 0) is 6.42 Å². The van der Waals surface area contributed by atoms with Crippen LogP contribution in [0.3, 0.4) is 0 Å². The number of piperidine rings is 1. The number of benzene rings is 1. The van der Waals surface area contributed by atoms with Crippen LogP contribution in [0.2, 0.25) is 5.02 Å². The second kappa shape index (κ2) is 6.10. The summed E-state index contributed by atoms with van der Waals surface area (Å²) < 4.78 is 0. The van der Waals surface area contributed by atoms with Gasteiger partial charge in [0.25, 0.3) is 0 Å². The third-order valence-corrected chi connectivity index (χ3v) is 3.71. The second-order valence-electron chi connectivity index (χ2n) is 4.75. The molecule has 0 amide bonds. The normalized spacial score (nSPS) is 17.9. The van der Waals surface area contributed by atoms with Crippen LogP contribution in [0.25, 0.3) is 0 Å². The van der Waals surface area contributed by atoms with Crippen molar-refractivity contribution < 1.29 is 0 Å². The van der Waals surface area contributed by atoms with Crippen molar-refractivity contribution in [3.05, 3.63) is 34.9 Å². The number of terminal acetylenes is 1. The molecule has 1 aromatic carbocycles. The summed E-state index contributed by atoms with van der Waals surface area (Å²) in [5.74, 6) is 3.52. The highest BCUT2D eigenvalue weighted by atomic mass is 35.5. The van der Waals surface area contributed by atoms with Gasteiger partial charge in [-0.3, -0.25) is 4.90 Å². The lowest BCUT2D eigenvalue weighted by molar-refractivity contribution is 0.203. The zero-order valence-corrected chi connectivity index (χ0v) is 10.8. The Morgan fingerprint density at radius 2 is 1.88 bits per heavy atom. The van der Waals surface area contributed by atoms with Gasteiger partial charge in [0.1, 0.15) is 0 Å². The molecule has 1 aliphatic rings. The number of rotatable bonds is 3. The van der Waals surface area contributed by atoms with Gasteiger partial charge in [0.05, 0.1) is 6.54 Å². The van der Waals surface area contributed by atoms with Crippen LogP contribution in [0.15, 0.2) is 24.3 Å². The molecule has 0 unspecified atom stereocenters. The summed E-state index contributed by atoms with van der Waals surface area (Å²) in [6.45, 7) is 3.08. The molecular formula is C15H18ClN. The molecule has 17 heavy (non-hydrogen) atoms. The quantitative estimate of drug-likeness (QED) is 0.742. The van der Waals surface area contributed by atoms with E-state index in [-0.39, 0.29) is 0 Å². The zero-order valence-electron chi connectivity index (χ0n) is 10.0. The summed E-state index contributed by atoms with van der Waals surface area (Å²) in [6.07, 6.45) is 9.00. The SMILES string of the molecule is C#CCN1CCC(Cc2ccc(Cl)cc2)CC1. The van der Waals surface area contributed by atoms with Crippen LogP contribution in [0.1, 0.15) is 18.4 Å². The highest BCUT2D eigenvalue weighted by Crippen LogP contribution is 2.22. The fraction of sp³-hybridized carbons (Fsp3) is 0.467. The van der Waals surface area contributed by atoms with Crippen LogP contribution in [0.4, 0.5) is 0 Å². The summed E-state index contributed by atoms with van der Waals surface area (Å²) in [5, 5.41) is 0.817. The number of hydrogen-bond acceptors (Lipinski definition) is 1. The first-order valence-corrected chi connectivity index (χ1v) is 6.56. The van der Waals surface area contributed by atoms with Crippen molar-refractivity contribution in [1.29, 1.82) is 0 Å². The van der Waals surface area contributed by atoms with E-state index in [9.17, 15) is 0 Å². The van der Waals surface area contributed by atoms with Gasteiger partial charge in [-0.1, -0.05) is 29.7 Å². The van der Waals surface area contributed by atoms with E-state index in [1.807, 2.05) is 12.1 Å². The monoisotopic (exact) mass is 247 g/mol. The molecule has 1 aromatic rings. The number of hydrogen-bond donors (Lipinski definition) is 0. The summed E-state index contributed by atoms with van der Waals surface area (Å²) in [4.78, 5) is 2.36. The van der Waals surface area contributed by atoms with E-state index in [0.717, 1.165) is 30.6 Å². The minimum Gasteiger partial charge on any atom is -0.292 e. The predicted octanol–water partition coefficient (Wildman–Crippen LogP) is 3.23. The van der Waals surface area contributed by atoms with E-state index in [0.29, 0.717) is 0 Å². The standard InChI is InChI=1S/C15H18ClN/c1-2-9-17-10-7-14(8-11-17)12-13-3-5-15(16)6-4-13/h1,3-6,14H,7-12H2. The van der Waals surface area contributed by atoms with Gasteiger partial charge >= 0.3 is 0 Å². The maximum Gasteiger partial charge on any atom is 0.0598 e. The lowest BCUT2D eigenvalue weighted by Crippen LogP contribution is -2.34. The molecule has 2 rings (SSSR count). The number of nitrogens with zero attached hydrogens (tertiary/aromatic N) is 1. The van der Waals surface area contributed by atoms with Gasteiger partial charge in [-0.25, -0.2) is 0 Å². The third-order valence-electron chi connectivity index (χ3n) is 3.46. The van der Waals surface area contributed by atoms with Gasteiger partial charge in [0.15, 0.2) is 0 Å². The van der Waals surface area contributed by atoms with Gasteiger partial charge in [-0.15, -0.1) is 6.42 Å². The summed E-state index contributed by atoms with van der Waals surface area (Å²) in [5.41, 5.74) is 1.39. The number of halogens is 1. The largest absolute Gasteiger partial charge is 0.292 e. The fourth-order valence-corrected chi connectivity index (χ4v) is 2.56. The van der Waals surface area contributed by atoms with Crippen LogP contribution < -0.4 is 0 Å². The van der Waals surface area contributed by atoms with E-state index in [1.54, 1.807) is 0 Å². The van der Waals surface area contributed by atoms with Crippen LogP contribution in [-0.4, -0.2) is 24.5 Å². The van der Waals surface area contributed by atoms with Crippen molar-refractivity contribution in [3.63, 3.8) is 0 Å². The van der Waals surface area contributed by atoms with Crippen molar-refractivity contribution in [3.8, 4) is 12.3 Å². The molecule has 1 aliphatic heterocycles. The van der Waals surface area contributed by atoms with Crippen molar-refractivity contribution in [2.75, 3.05) is 19.6 Å². The van der Waals surface area contributed by atoms with Crippen molar-refractivity contribution in [2.45, 2.75) is 19.3 Å². The molecular weight excluding hydrogens is 230 g/mol. The molecule has 0 aromatic heterocycles. The topological polar surface area (TPSA) is 3.24 Å². The predicted molar refractivity (Wildman–Crippen MR) is 73.2 cm³/mol. The molecule has 0 atom stereocenters. The molecule has 90 valence electrons. The van der Waals surface area contributed by atoms with Gasteiger partial charge in [0, 0.05) is 5.02 Å². The van der Waals surface area contributed by atoms with Crippen LogP contribution >= 0.6 is 11.6 Å². The minimum atomic E-state index is 0.796. The van der Waals surface area contributed by atoms with Crippen LogP contribution in [0.5, 0.6) is 0 Å². The molecule has 0 spiro atoms. The van der Waals surface area contributed by atoms with E-state index < -0.39 is 0 Å². The van der Waals surface area contributed by atoms with Crippen molar-refractivity contribution in [1.82, 2.24) is 4.90 Å². The van der Waals surface area contributed by atoms with Crippen LogP contribution in [0, 0.1) is 18.3 Å². The molecule has 0 saturated carbocycles. The van der Waals surface area contributed by atoms with Gasteiger partial charge < -0.3 is 0 Å². The molecule has 0 bridgehead atoms.